The van der Waals surface area contributed by atoms with Gasteiger partial charge >= 0.3 is 6.18 Å². The maximum atomic E-state index is 12.9. The Kier molecular flexibility index (Phi) is 6.87. The number of hydrogen-bond donors (Lipinski definition) is 1. The molecule has 4 aromatic rings. The third kappa shape index (κ3) is 5.89. The Hall–Kier alpha value is -4.52. The van der Waals surface area contributed by atoms with Crippen molar-refractivity contribution in [3.05, 3.63) is 126 Å². The zero-order valence-corrected chi connectivity index (χ0v) is 18.3. The molecular weight excluding hydrogens is 453 g/mol. The van der Waals surface area contributed by atoms with Crippen molar-refractivity contribution in [1.29, 1.82) is 0 Å². The van der Waals surface area contributed by atoms with Gasteiger partial charge < -0.3 is 5.32 Å². The fourth-order valence-electron chi connectivity index (χ4n) is 3.41. The van der Waals surface area contributed by atoms with Crippen molar-refractivity contribution in [2.75, 3.05) is 5.32 Å². The number of allylic oxidation sites excluding steroid dienone is 1. The largest absolute Gasteiger partial charge is 0.416 e. The normalized spacial score (nSPS) is 11.4. The molecule has 0 bridgehead atoms. The van der Waals surface area contributed by atoms with E-state index in [4.69, 9.17) is 0 Å². The molecule has 0 saturated heterocycles. The summed E-state index contributed by atoms with van der Waals surface area (Å²) in [6, 6.07) is 23.4. The quantitative estimate of drug-likeness (QED) is 0.245. The van der Waals surface area contributed by atoms with Crippen molar-refractivity contribution < 1.29 is 22.8 Å². The van der Waals surface area contributed by atoms with Crippen LogP contribution < -0.4 is 5.32 Å². The van der Waals surface area contributed by atoms with Gasteiger partial charge in [-0.3, -0.25) is 14.6 Å². The van der Waals surface area contributed by atoms with Crippen molar-refractivity contribution in [2.45, 2.75) is 6.18 Å². The Morgan fingerprint density at radius 2 is 1.49 bits per heavy atom. The van der Waals surface area contributed by atoms with E-state index in [2.05, 4.69) is 10.3 Å². The average molecular weight is 472 g/mol. The number of anilines is 1. The molecule has 0 unspecified atom stereocenters. The van der Waals surface area contributed by atoms with E-state index in [0.717, 1.165) is 17.7 Å². The molecule has 35 heavy (non-hydrogen) atoms. The lowest BCUT2D eigenvalue weighted by molar-refractivity contribution is -0.137. The van der Waals surface area contributed by atoms with Gasteiger partial charge in [-0.1, -0.05) is 54.6 Å². The molecule has 1 N–H and O–H groups in total. The van der Waals surface area contributed by atoms with Crippen LogP contribution >= 0.6 is 0 Å². The summed E-state index contributed by atoms with van der Waals surface area (Å²) in [5.74, 6) is -0.614. The van der Waals surface area contributed by atoms with Gasteiger partial charge in [0.1, 0.15) is 5.69 Å². The van der Waals surface area contributed by atoms with E-state index >= 15 is 0 Å². The molecule has 0 radical (unpaired) electrons. The molecule has 1 heterocycles. The first-order valence-electron chi connectivity index (χ1n) is 10.6. The molecule has 0 aliphatic rings. The van der Waals surface area contributed by atoms with Crippen LogP contribution in [0.15, 0.2) is 103 Å². The van der Waals surface area contributed by atoms with Crippen LogP contribution in [0.3, 0.4) is 0 Å². The topological polar surface area (TPSA) is 59.1 Å². The van der Waals surface area contributed by atoms with Crippen molar-refractivity contribution in [3.8, 4) is 11.1 Å². The van der Waals surface area contributed by atoms with E-state index in [-0.39, 0.29) is 5.78 Å². The highest BCUT2D eigenvalue weighted by Crippen LogP contribution is 2.32. The minimum atomic E-state index is -4.43. The maximum Gasteiger partial charge on any atom is 0.416 e. The van der Waals surface area contributed by atoms with Crippen molar-refractivity contribution in [3.63, 3.8) is 0 Å². The molecule has 4 nitrogen and oxygen atoms in total. The third-order valence-electron chi connectivity index (χ3n) is 5.21. The minimum absolute atomic E-state index is 0.220. The fourth-order valence-corrected chi connectivity index (χ4v) is 3.41. The minimum Gasteiger partial charge on any atom is -0.322 e. The maximum absolute atomic E-state index is 12.9. The number of nitrogens with zero attached hydrogens (tertiary/aromatic N) is 1. The summed E-state index contributed by atoms with van der Waals surface area (Å²) in [5, 5.41) is 2.80. The van der Waals surface area contributed by atoms with Crippen LogP contribution in [0.5, 0.6) is 0 Å². The zero-order valence-electron chi connectivity index (χ0n) is 18.3. The number of amides is 1. The Morgan fingerprint density at radius 1 is 0.800 bits per heavy atom. The van der Waals surface area contributed by atoms with E-state index in [1.54, 1.807) is 79.0 Å². The molecule has 1 aromatic heterocycles. The number of nitrogens with one attached hydrogen (secondary N) is 1. The number of carbonyl (C=O) groups excluding carboxylic acids is 2. The molecule has 3 aromatic carbocycles. The number of alkyl halides is 3. The SMILES string of the molecule is O=C(/C=C/c1ccc(NC(=O)c2ccccc2-c2ccc(C(F)(F)F)cc2)cc1)c1ccccn1. The molecule has 1 amide bonds. The first-order valence-corrected chi connectivity index (χ1v) is 10.6. The van der Waals surface area contributed by atoms with Gasteiger partial charge in [-0.05, 0) is 65.2 Å². The van der Waals surface area contributed by atoms with Gasteiger partial charge in [0.15, 0.2) is 0 Å². The van der Waals surface area contributed by atoms with Crippen LogP contribution in [0.25, 0.3) is 17.2 Å². The molecule has 0 fully saturated rings. The highest BCUT2D eigenvalue weighted by Gasteiger charge is 2.30. The highest BCUT2D eigenvalue weighted by molar-refractivity contribution is 6.09. The second-order valence-corrected chi connectivity index (χ2v) is 7.61. The molecular formula is C28H19F3N2O2. The summed E-state index contributed by atoms with van der Waals surface area (Å²) in [5.41, 5.74) is 2.24. The highest BCUT2D eigenvalue weighted by atomic mass is 19.4. The molecule has 174 valence electrons. The van der Waals surface area contributed by atoms with Crippen molar-refractivity contribution in [1.82, 2.24) is 4.98 Å². The van der Waals surface area contributed by atoms with Crippen LogP contribution in [0, 0.1) is 0 Å². The second-order valence-electron chi connectivity index (χ2n) is 7.61. The lowest BCUT2D eigenvalue weighted by Crippen LogP contribution is -2.13. The summed E-state index contributed by atoms with van der Waals surface area (Å²) in [6.07, 6.45) is 0.204. The Balaban J connectivity index is 1.47. The van der Waals surface area contributed by atoms with Crippen molar-refractivity contribution >= 4 is 23.5 Å². The number of benzene rings is 3. The second kappa shape index (κ2) is 10.2. The fraction of sp³-hybridized carbons (Fsp3) is 0.0357. The van der Waals surface area contributed by atoms with Crippen LogP contribution in [0.1, 0.15) is 32.0 Å². The first kappa shape index (κ1) is 23.6. The van der Waals surface area contributed by atoms with Crippen LogP contribution in [0.4, 0.5) is 18.9 Å². The van der Waals surface area contributed by atoms with Gasteiger partial charge in [0.25, 0.3) is 5.91 Å². The van der Waals surface area contributed by atoms with E-state index in [1.807, 2.05) is 0 Å². The Labute approximate surface area is 199 Å². The Morgan fingerprint density at radius 3 is 2.14 bits per heavy atom. The number of pyridine rings is 1. The first-order chi connectivity index (χ1) is 16.8. The van der Waals surface area contributed by atoms with Crippen LogP contribution in [-0.2, 0) is 6.18 Å². The van der Waals surface area contributed by atoms with Gasteiger partial charge in [0.2, 0.25) is 5.78 Å². The molecule has 7 heteroatoms. The number of ketones is 1. The third-order valence-corrected chi connectivity index (χ3v) is 5.21. The van der Waals surface area contributed by atoms with E-state index < -0.39 is 17.6 Å². The lowest BCUT2D eigenvalue weighted by Gasteiger charge is -2.12. The molecule has 0 saturated carbocycles. The van der Waals surface area contributed by atoms with Gasteiger partial charge in [0.05, 0.1) is 5.56 Å². The van der Waals surface area contributed by atoms with Crippen LogP contribution in [-0.4, -0.2) is 16.7 Å². The van der Waals surface area contributed by atoms with Gasteiger partial charge in [0, 0.05) is 17.4 Å². The summed E-state index contributed by atoms with van der Waals surface area (Å²) in [7, 11) is 0. The lowest BCUT2D eigenvalue weighted by atomic mass is 9.98. The van der Waals surface area contributed by atoms with Gasteiger partial charge in [-0.15, -0.1) is 0 Å². The number of halogens is 3. The summed E-state index contributed by atoms with van der Waals surface area (Å²) in [6.45, 7) is 0. The molecule has 0 spiro atoms. The van der Waals surface area contributed by atoms with Crippen LogP contribution in [0.2, 0.25) is 0 Å². The molecule has 0 aliphatic carbocycles. The van der Waals surface area contributed by atoms with E-state index in [9.17, 15) is 22.8 Å². The standard InChI is InChI=1S/C28H19F3N2O2/c29-28(30,31)21-13-11-20(12-14-21)23-5-1-2-6-24(23)27(35)33-22-15-8-19(9-16-22)10-17-26(34)25-7-3-4-18-32-25/h1-18H,(H,33,35)/b17-10+. The van der Waals surface area contributed by atoms with E-state index in [0.29, 0.717) is 28.1 Å². The Bertz CT molecular complexity index is 1360. The average Bonchev–Trinajstić information content (AvgIpc) is 2.88. The number of carbonyl (C=O) groups is 2. The zero-order chi connectivity index (χ0) is 24.8. The number of aromatic nitrogens is 1. The van der Waals surface area contributed by atoms with E-state index in [1.165, 1.54) is 18.2 Å². The summed E-state index contributed by atoms with van der Waals surface area (Å²) in [4.78, 5) is 29.1. The molecule has 0 aliphatic heterocycles. The predicted octanol–water partition coefficient (Wildman–Crippen LogP) is 6.92. The van der Waals surface area contributed by atoms with Gasteiger partial charge in [-0.25, -0.2) is 0 Å². The monoisotopic (exact) mass is 472 g/mol. The summed E-state index contributed by atoms with van der Waals surface area (Å²) >= 11 is 0. The van der Waals surface area contributed by atoms with Crippen molar-refractivity contribution in [2.24, 2.45) is 0 Å². The molecule has 0 atom stereocenters. The number of rotatable bonds is 6. The number of hydrogen-bond acceptors (Lipinski definition) is 3. The molecule has 4 rings (SSSR count). The predicted molar refractivity (Wildman–Crippen MR) is 129 cm³/mol. The smallest absolute Gasteiger partial charge is 0.322 e. The van der Waals surface area contributed by atoms with Gasteiger partial charge in [-0.2, -0.15) is 13.2 Å². The summed E-state index contributed by atoms with van der Waals surface area (Å²) < 4.78 is 38.6.